The molecule has 0 spiro atoms. The quantitative estimate of drug-likeness (QED) is 0.521. The SMILES string of the molecule is CCCN(C)c1cc(Oc2cc(C)c(N=CN(C)CC)cc2C)ncn1. The summed E-state index contributed by atoms with van der Waals surface area (Å²) in [6.07, 6.45) is 4.45. The molecule has 1 aromatic carbocycles. The number of rotatable bonds is 8. The lowest BCUT2D eigenvalue weighted by Gasteiger charge is -2.17. The maximum absolute atomic E-state index is 6.02. The summed E-state index contributed by atoms with van der Waals surface area (Å²) in [5.74, 6) is 2.19. The summed E-state index contributed by atoms with van der Waals surface area (Å²) in [5.41, 5.74) is 3.02. The van der Waals surface area contributed by atoms with Gasteiger partial charge in [0.2, 0.25) is 5.88 Å². The fourth-order valence-corrected chi connectivity index (χ4v) is 2.42. The molecule has 0 radical (unpaired) electrons. The molecule has 0 aliphatic rings. The monoisotopic (exact) mass is 355 g/mol. The van der Waals surface area contributed by atoms with Gasteiger partial charge < -0.3 is 14.5 Å². The van der Waals surface area contributed by atoms with Crippen LogP contribution in [0.2, 0.25) is 0 Å². The molecule has 0 bridgehead atoms. The van der Waals surface area contributed by atoms with Gasteiger partial charge in [0.15, 0.2) is 0 Å². The Hall–Kier alpha value is -2.63. The molecule has 0 N–H and O–H groups in total. The first kappa shape index (κ1) is 19.7. The molecule has 1 aromatic heterocycles. The van der Waals surface area contributed by atoms with Crippen molar-refractivity contribution in [1.82, 2.24) is 14.9 Å². The van der Waals surface area contributed by atoms with E-state index < -0.39 is 0 Å². The number of aliphatic imine (C=N–C) groups is 1. The van der Waals surface area contributed by atoms with Gasteiger partial charge in [0.25, 0.3) is 0 Å². The molecule has 0 saturated carbocycles. The minimum Gasteiger partial charge on any atom is -0.439 e. The highest BCUT2D eigenvalue weighted by Gasteiger charge is 2.09. The van der Waals surface area contributed by atoms with Gasteiger partial charge in [-0.1, -0.05) is 6.92 Å². The zero-order valence-electron chi connectivity index (χ0n) is 16.7. The normalized spacial score (nSPS) is 11.0. The van der Waals surface area contributed by atoms with Crippen LogP contribution in [0.25, 0.3) is 0 Å². The Balaban J connectivity index is 2.21. The van der Waals surface area contributed by atoms with E-state index in [4.69, 9.17) is 4.74 Å². The maximum Gasteiger partial charge on any atom is 0.224 e. The van der Waals surface area contributed by atoms with Crippen molar-refractivity contribution in [1.29, 1.82) is 0 Å². The number of ether oxygens (including phenoxy) is 1. The standard InChI is InChI=1S/C20H29N5O/c1-7-9-25(6)19-12-20(22-13-21-19)26-18-11-15(3)17(10-16(18)4)23-14-24(5)8-2/h10-14H,7-9H2,1-6H3. The van der Waals surface area contributed by atoms with Crippen LogP contribution in [-0.2, 0) is 0 Å². The lowest BCUT2D eigenvalue weighted by molar-refractivity contribution is 0.457. The smallest absolute Gasteiger partial charge is 0.224 e. The Bertz CT molecular complexity index is 760. The van der Waals surface area contributed by atoms with Crippen molar-refractivity contribution in [3.05, 3.63) is 35.7 Å². The Morgan fingerprint density at radius 3 is 2.54 bits per heavy atom. The second kappa shape index (κ2) is 9.17. The third kappa shape index (κ3) is 5.18. The summed E-state index contributed by atoms with van der Waals surface area (Å²) in [5, 5.41) is 0. The number of nitrogens with zero attached hydrogens (tertiary/aromatic N) is 5. The second-order valence-corrected chi connectivity index (χ2v) is 6.46. The largest absolute Gasteiger partial charge is 0.439 e. The number of aromatic nitrogens is 2. The summed E-state index contributed by atoms with van der Waals surface area (Å²) in [7, 11) is 4.02. The molecular formula is C20H29N5O. The Morgan fingerprint density at radius 1 is 1.08 bits per heavy atom. The van der Waals surface area contributed by atoms with Gasteiger partial charge in [-0.15, -0.1) is 0 Å². The molecule has 0 amide bonds. The Labute approximate surface area is 156 Å². The van der Waals surface area contributed by atoms with E-state index in [9.17, 15) is 0 Å². The highest BCUT2D eigenvalue weighted by Crippen LogP contribution is 2.31. The first-order valence-electron chi connectivity index (χ1n) is 9.01. The molecule has 6 nitrogen and oxygen atoms in total. The van der Waals surface area contributed by atoms with E-state index in [-0.39, 0.29) is 0 Å². The van der Waals surface area contributed by atoms with E-state index in [2.05, 4.69) is 33.7 Å². The fourth-order valence-electron chi connectivity index (χ4n) is 2.42. The van der Waals surface area contributed by atoms with Crippen molar-refractivity contribution < 1.29 is 4.74 Å². The first-order valence-corrected chi connectivity index (χ1v) is 9.01. The first-order chi connectivity index (χ1) is 12.4. The van der Waals surface area contributed by atoms with Crippen LogP contribution in [0, 0.1) is 13.8 Å². The average molecular weight is 355 g/mol. The van der Waals surface area contributed by atoms with E-state index in [1.165, 1.54) is 6.33 Å². The minimum atomic E-state index is 0.544. The van der Waals surface area contributed by atoms with Crippen molar-refractivity contribution in [2.75, 3.05) is 32.1 Å². The van der Waals surface area contributed by atoms with Crippen molar-refractivity contribution >= 4 is 17.8 Å². The van der Waals surface area contributed by atoms with Crippen molar-refractivity contribution in [3.63, 3.8) is 0 Å². The average Bonchev–Trinajstić information content (AvgIpc) is 2.63. The Kier molecular flexibility index (Phi) is 6.95. The van der Waals surface area contributed by atoms with Crippen molar-refractivity contribution in [2.45, 2.75) is 34.1 Å². The van der Waals surface area contributed by atoms with Gasteiger partial charge >= 0.3 is 0 Å². The van der Waals surface area contributed by atoms with Gasteiger partial charge in [-0.25, -0.2) is 15.0 Å². The molecule has 0 aliphatic heterocycles. The van der Waals surface area contributed by atoms with E-state index in [0.29, 0.717) is 5.88 Å². The Morgan fingerprint density at radius 2 is 1.85 bits per heavy atom. The van der Waals surface area contributed by atoms with Crippen LogP contribution in [0.5, 0.6) is 11.6 Å². The summed E-state index contributed by atoms with van der Waals surface area (Å²) >= 11 is 0. The third-order valence-electron chi connectivity index (χ3n) is 4.18. The summed E-state index contributed by atoms with van der Waals surface area (Å²) in [4.78, 5) is 17.2. The van der Waals surface area contributed by atoms with Gasteiger partial charge in [-0.05, 0) is 50.5 Å². The molecule has 0 aliphatic carbocycles. The topological polar surface area (TPSA) is 53.9 Å². The van der Waals surface area contributed by atoms with Gasteiger partial charge in [0.1, 0.15) is 17.9 Å². The molecule has 2 aromatic rings. The van der Waals surface area contributed by atoms with Crippen molar-refractivity contribution in [2.24, 2.45) is 4.99 Å². The minimum absolute atomic E-state index is 0.544. The molecular weight excluding hydrogens is 326 g/mol. The summed E-state index contributed by atoms with van der Waals surface area (Å²) in [6.45, 7) is 10.1. The van der Waals surface area contributed by atoms with Crippen LogP contribution in [-0.4, -0.2) is 48.4 Å². The van der Waals surface area contributed by atoms with Crippen LogP contribution in [0.15, 0.2) is 29.5 Å². The predicted octanol–water partition coefficient (Wildman–Crippen LogP) is 4.34. The molecule has 26 heavy (non-hydrogen) atoms. The highest BCUT2D eigenvalue weighted by atomic mass is 16.5. The molecule has 1 heterocycles. The zero-order chi connectivity index (χ0) is 19.1. The summed E-state index contributed by atoms with van der Waals surface area (Å²) < 4.78 is 6.02. The summed E-state index contributed by atoms with van der Waals surface area (Å²) in [6, 6.07) is 5.91. The van der Waals surface area contributed by atoms with E-state index in [1.807, 2.05) is 57.4 Å². The van der Waals surface area contributed by atoms with Crippen LogP contribution in [0.3, 0.4) is 0 Å². The van der Waals surface area contributed by atoms with Gasteiger partial charge in [-0.2, -0.15) is 0 Å². The maximum atomic E-state index is 6.02. The number of hydrogen-bond donors (Lipinski definition) is 0. The van der Waals surface area contributed by atoms with Crippen LogP contribution in [0.4, 0.5) is 11.5 Å². The molecule has 140 valence electrons. The lowest BCUT2D eigenvalue weighted by Crippen LogP contribution is -2.19. The molecule has 0 saturated heterocycles. The molecule has 2 rings (SSSR count). The third-order valence-corrected chi connectivity index (χ3v) is 4.18. The van der Waals surface area contributed by atoms with Crippen LogP contribution < -0.4 is 9.64 Å². The number of anilines is 1. The van der Waals surface area contributed by atoms with E-state index >= 15 is 0 Å². The van der Waals surface area contributed by atoms with Gasteiger partial charge in [-0.3, -0.25) is 0 Å². The van der Waals surface area contributed by atoms with Gasteiger partial charge in [0, 0.05) is 33.3 Å². The predicted molar refractivity (Wildman–Crippen MR) is 108 cm³/mol. The van der Waals surface area contributed by atoms with Crippen molar-refractivity contribution in [3.8, 4) is 11.6 Å². The number of benzene rings is 1. The lowest BCUT2D eigenvalue weighted by atomic mass is 10.1. The van der Waals surface area contributed by atoms with Crippen LogP contribution in [0.1, 0.15) is 31.4 Å². The van der Waals surface area contributed by atoms with Crippen LogP contribution >= 0.6 is 0 Å². The molecule has 0 unspecified atom stereocenters. The second-order valence-electron chi connectivity index (χ2n) is 6.46. The molecule has 0 fully saturated rings. The highest BCUT2D eigenvalue weighted by molar-refractivity contribution is 5.64. The number of hydrogen-bond acceptors (Lipinski definition) is 5. The molecule has 6 heteroatoms. The van der Waals surface area contributed by atoms with Gasteiger partial charge in [0.05, 0.1) is 12.0 Å². The van der Waals surface area contributed by atoms with E-state index in [1.54, 1.807) is 0 Å². The number of aryl methyl sites for hydroxylation is 2. The molecule has 0 atom stereocenters. The van der Waals surface area contributed by atoms with E-state index in [0.717, 1.165) is 47.9 Å². The zero-order valence-corrected chi connectivity index (χ0v) is 16.7. The fraction of sp³-hybridized carbons (Fsp3) is 0.450.